The first-order valence-corrected chi connectivity index (χ1v) is 7.33. The summed E-state index contributed by atoms with van der Waals surface area (Å²) in [6.45, 7) is 6.66. The van der Waals surface area contributed by atoms with Gasteiger partial charge < -0.3 is 9.47 Å². The third-order valence-electron chi connectivity index (χ3n) is 2.54. The largest absolute Gasteiger partial charge is 0.494 e. The predicted octanol–water partition coefficient (Wildman–Crippen LogP) is 4.55. The van der Waals surface area contributed by atoms with E-state index in [0.29, 0.717) is 22.8 Å². The smallest absolute Gasteiger partial charge is 0.223 e. The molecule has 0 atom stereocenters. The summed E-state index contributed by atoms with van der Waals surface area (Å²) < 4.78 is 11.9. The van der Waals surface area contributed by atoms with Crippen molar-refractivity contribution in [2.45, 2.75) is 26.7 Å². The van der Waals surface area contributed by atoms with E-state index >= 15 is 0 Å². The van der Waals surface area contributed by atoms with Crippen molar-refractivity contribution >= 4 is 15.9 Å². The van der Waals surface area contributed by atoms with E-state index in [9.17, 15) is 0 Å². The molecule has 0 amide bonds. The summed E-state index contributed by atoms with van der Waals surface area (Å²) in [5.74, 6) is 2.97. The van der Waals surface area contributed by atoms with Crippen LogP contribution < -0.4 is 9.47 Å². The second-order valence-corrected chi connectivity index (χ2v) is 5.36. The zero-order chi connectivity index (χ0) is 14.5. The second kappa shape index (κ2) is 6.70. The fourth-order valence-corrected chi connectivity index (χ4v) is 2.02. The van der Waals surface area contributed by atoms with Crippen molar-refractivity contribution in [2.75, 3.05) is 6.61 Å². The number of hydrogen-bond donors (Lipinski definition) is 0. The Morgan fingerprint density at radius 2 is 1.90 bits per heavy atom. The lowest BCUT2D eigenvalue weighted by atomic mass is 10.2. The minimum atomic E-state index is 0.240. The molecule has 106 valence electrons. The van der Waals surface area contributed by atoms with Crippen LogP contribution in [0.5, 0.6) is 17.4 Å². The van der Waals surface area contributed by atoms with E-state index in [1.165, 1.54) is 0 Å². The van der Waals surface area contributed by atoms with E-state index in [4.69, 9.17) is 9.47 Å². The van der Waals surface area contributed by atoms with Crippen molar-refractivity contribution in [3.63, 3.8) is 0 Å². The maximum absolute atomic E-state index is 5.78. The van der Waals surface area contributed by atoms with E-state index in [1.807, 2.05) is 45.0 Å². The highest BCUT2D eigenvalue weighted by Gasteiger charge is 2.08. The van der Waals surface area contributed by atoms with Crippen molar-refractivity contribution in [3.8, 4) is 17.4 Å². The molecule has 1 aromatic carbocycles. The van der Waals surface area contributed by atoms with Crippen LogP contribution in [0.3, 0.4) is 0 Å². The third kappa shape index (κ3) is 3.93. The summed E-state index contributed by atoms with van der Waals surface area (Å²) in [4.78, 5) is 8.72. The Kier molecular flexibility index (Phi) is 4.95. The zero-order valence-electron chi connectivity index (χ0n) is 11.8. The SMILES string of the molecule is CCOc1cccc(Oc2cc(Br)nc(C(C)C)n2)c1. The van der Waals surface area contributed by atoms with E-state index in [2.05, 4.69) is 25.9 Å². The normalized spacial score (nSPS) is 10.7. The molecule has 0 N–H and O–H groups in total. The minimum Gasteiger partial charge on any atom is -0.494 e. The van der Waals surface area contributed by atoms with Crippen molar-refractivity contribution in [2.24, 2.45) is 0 Å². The summed E-state index contributed by atoms with van der Waals surface area (Å²) in [5.41, 5.74) is 0. The Labute approximate surface area is 127 Å². The molecule has 1 aromatic heterocycles. The Morgan fingerprint density at radius 1 is 1.15 bits per heavy atom. The molecule has 0 unspecified atom stereocenters. The van der Waals surface area contributed by atoms with Gasteiger partial charge in [-0.3, -0.25) is 0 Å². The lowest BCUT2D eigenvalue weighted by Crippen LogP contribution is -2.00. The summed E-state index contributed by atoms with van der Waals surface area (Å²) in [6, 6.07) is 9.24. The van der Waals surface area contributed by atoms with Crippen molar-refractivity contribution in [1.82, 2.24) is 9.97 Å². The zero-order valence-corrected chi connectivity index (χ0v) is 13.3. The monoisotopic (exact) mass is 336 g/mol. The van der Waals surface area contributed by atoms with Gasteiger partial charge in [0.05, 0.1) is 6.61 Å². The van der Waals surface area contributed by atoms with Gasteiger partial charge in [0.15, 0.2) is 0 Å². The van der Waals surface area contributed by atoms with Crippen LogP contribution in [0, 0.1) is 0 Å². The number of nitrogens with zero attached hydrogens (tertiary/aromatic N) is 2. The van der Waals surface area contributed by atoms with Crippen LogP contribution in [0.1, 0.15) is 32.5 Å². The molecule has 20 heavy (non-hydrogen) atoms. The summed E-state index contributed by atoms with van der Waals surface area (Å²) >= 11 is 3.38. The number of rotatable bonds is 5. The molecule has 0 saturated heterocycles. The molecule has 0 radical (unpaired) electrons. The van der Waals surface area contributed by atoms with Crippen molar-refractivity contribution < 1.29 is 9.47 Å². The number of halogens is 1. The molecular weight excluding hydrogens is 320 g/mol. The van der Waals surface area contributed by atoms with Gasteiger partial charge in [-0.15, -0.1) is 0 Å². The Hall–Kier alpha value is -1.62. The van der Waals surface area contributed by atoms with E-state index < -0.39 is 0 Å². The fraction of sp³-hybridized carbons (Fsp3) is 0.333. The van der Waals surface area contributed by atoms with Crippen LogP contribution in [-0.2, 0) is 0 Å². The average molecular weight is 337 g/mol. The highest BCUT2D eigenvalue weighted by Crippen LogP contribution is 2.26. The van der Waals surface area contributed by atoms with E-state index in [0.717, 1.165) is 11.6 Å². The van der Waals surface area contributed by atoms with Crippen LogP contribution in [0.25, 0.3) is 0 Å². The van der Waals surface area contributed by atoms with Gasteiger partial charge in [0.2, 0.25) is 5.88 Å². The molecule has 5 heteroatoms. The average Bonchev–Trinajstić information content (AvgIpc) is 2.38. The quantitative estimate of drug-likeness (QED) is 0.751. The third-order valence-corrected chi connectivity index (χ3v) is 2.95. The Balaban J connectivity index is 2.23. The standard InChI is InChI=1S/C15H17BrN2O2/c1-4-19-11-6-5-7-12(8-11)20-14-9-13(16)17-15(18-14)10(2)3/h5-10H,4H2,1-3H3. The molecule has 0 aliphatic heterocycles. The maximum atomic E-state index is 5.78. The summed E-state index contributed by atoms with van der Waals surface area (Å²) in [7, 11) is 0. The Bertz CT molecular complexity index is 588. The Morgan fingerprint density at radius 3 is 2.60 bits per heavy atom. The van der Waals surface area contributed by atoms with Crippen LogP contribution in [0.15, 0.2) is 34.9 Å². The van der Waals surface area contributed by atoms with Gasteiger partial charge in [0, 0.05) is 18.1 Å². The minimum absolute atomic E-state index is 0.240. The molecule has 0 aliphatic rings. The molecule has 4 nitrogen and oxygen atoms in total. The molecule has 2 aromatic rings. The molecule has 2 rings (SSSR count). The van der Waals surface area contributed by atoms with Gasteiger partial charge in [0.25, 0.3) is 0 Å². The van der Waals surface area contributed by atoms with E-state index in [-0.39, 0.29) is 5.92 Å². The lowest BCUT2D eigenvalue weighted by Gasteiger charge is -2.10. The number of hydrogen-bond acceptors (Lipinski definition) is 4. The summed E-state index contributed by atoms with van der Waals surface area (Å²) in [6.07, 6.45) is 0. The number of ether oxygens (including phenoxy) is 2. The van der Waals surface area contributed by atoms with Gasteiger partial charge in [0.1, 0.15) is 21.9 Å². The maximum Gasteiger partial charge on any atom is 0.223 e. The molecule has 0 saturated carbocycles. The molecule has 0 spiro atoms. The van der Waals surface area contributed by atoms with E-state index in [1.54, 1.807) is 6.07 Å². The summed E-state index contributed by atoms with van der Waals surface area (Å²) in [5, 5.41) is 0. The lowest BCUT2D eigenvalue weighted by molar-refractivity contribution is 0.338. The van der Waals surface area contributed by atoms with Crippen LogP contribution in [-0.4, -0.2) is 16.6 Å². The highest BCUT2D eigenvalue weighted by atomic mass is 79.9. The van der Waals surface area contributed by atoms with Crippen LogP contribution >= 0.6 is 15.9 Å². The van der Waals surface area contributed by atoms with Gasteiger partial charge in [-0.1, -0.05) is 19.9 Å². The first kappa shape index (κ1) is 14.8. The number of benzene rings is 1. The molecule has 1 heterocycles. The van der Waals surface area contributed by atoms with Gasteiger partial charge in [-0.2, -0.15) is 4.98 Å². The van der Waals surface area contributed by atoms with Crippen LogP contribution in [0.4, 0.5) is 0 Å². The topological polar surface area (TPSA) is 44.2 Å². The van der Waals surface area contributed by atoms with Crippen LogP contribution in [0.2, 0.25) is 0 Å². The van der Waals surface area contributed by atoms with Crippen molar-refractivity contribution in [1.29, 1.82) is 0 Å². The van der Waals surface area contributed by atoms with Gasteiger partial charge >= 0.3 is 0 Å². The fourth-order valence-electron chi connectivity index (χ4n) is 1.64. The first-order valence-electron chi connectivity index (χ1n) is 6.53. The molecule has 0 bridgehead atoms. The van der Waals surface area contributed by atoms with Gasteiger partial charge in [-0.25, -0.2) is 4.98 Å². The number of aromatic nitrogens is 2. The molecular formula is C15H17BrN2O2. The molecule has 0 aliphatic carbocycles. The predicted molar refractivity (Wildman–Crippen MR) is 81.5 cm³/mol. The van der Waals surface area contributed by atoms with Crippen molar-refractivity contribution in [3.05, 3.63) is 40.8 Å². The highest BCUT2D eigenvalue weighted by molar-refractivity contribution is 9.10. The van der Waals surface area contributed by atoms with Gasteiger partial charge in [-0.05, 0) is 35.0 Å². The first-order chi connectivity index (χ1) is 9.58. The molecule has 0 fully saturated rings. The second-order valence-electron chi connectivity index (χ2n) is 4.55.